The fraction of sp³-hybridized carbons (Fsp3) is 0.269. The van der Waals surface area contributed by atoms with Gasteiger partial charge in [0.05, 0.1) is 31.2 Å². The number of anilines is 1. The second kappa shape index (κ2) is 11.6. The van der Waals surface area contributed by atoms with E-state index < -0.39 is 18.7 Å². The van der Waals surface area contributed by atoms with E-state index in [0.29, 0.717) is 11.4 Å². The highest BCUT2D eigenvalue weighted by atomic mass is 32.1. The van der Waals surface area contributed by atoms with Crippen LogP contribution in [0.4, 0.5) is 11.4 Å². The molecule has 1 atom stereocenters. The second-order valence-corrected chi connectivity index (χ2v) is 10.9. The topological polar surface area (TPSA) is 154 Å². The van der Waals surface area contributed by atoms with Gasteiger partial charge in [0.25, 0.3) is 0 Å². The highest BCUT2D eigenvalue weighted by Gasteiger charge is 2.64. The molecule has 1 aliphatic heterocycles. The van der Waals surface area contributed by atoms with E-state index in [9.17, 15) is 14.8 Å². The first kappa shape index (κ1) is 28.3. The van der Waals surface area contributed by atoms with Gasteiger partial charge in [-0.1, -0.05) is 48.6 Å². The number of para-hydroxylation sites is 2. The number of aromatic nitrogens is 2. The molecule has 0 amide bonds. The Hall–Kier alpha value is -3.70. The Bertz CT molecular complexity index is 1470. The summed E-state index contributed by atoms with van der Waals surface area (Å²) in [6.07, 6.45) is 0. The number of amidine groups is 1. The van der Waals surface area contributed by atoms with Crippen LogP contribution >= 0.6 is 19.8 Å². The lowest BCUT2D eigenvalue weighted by Gasteiger charge is -2.41. The van der Waals surface area contributed by atoms with Crippen LogP contribution in [-0.2, 0) is 18.3 Å². The summed E-state index contributed by atoms with van der Waals surface area (Å²) in [5.74, 6) is -0.832. The second-order valence-electron chi connectivity index (χ2n) is 8.25. The van der Waals surface area contributed by atoms with Gasteiger partial charge >= 0.3 is 13.6 Å². The maximum absolute atomic E-state index is 14.6. The number of nitrogens with two attached hydrogens (primary N) is 1. The molecule has 0 aliphatic carbocycles. The summed E-state index contributed by atoms with van der Waals surface area (Å²) < 4.78 is 32.8. The van der Waals surface area contributed by atoms with E-state index >= 15 is 0 Å². The van der Waals surface area contributed by atoms with Crippen LogP contribution in [0.25, 0.3) is 5.69 Å². The predicted octanol–water partition coefficient (Wildman–Crippen LogP) is 4.86. The number of ether oxygens (including phenoxy) is 1. The number of hydrogen-bond acceptors (Lipinski definition) is 10. The zero-order chi connectivity index (χ0) is 28.2. The number of rotatable bonds is 10. The molecule has 2 heterocycles. The quantitative estimate of drug-likeness (QED) is 0.177. The van der Waals surface area contributed by atoms with Crippen molar-refractivity contribution in [1.82, 2.24) is 9.78 Å². The molecule has 0 fully saturated rings. The Morgan fingerprint density at radius 1 is 1.05 bits per heavy atom. The molecule has 4 N–H and O–H groups in total. The van der Waals surface area contributed by atoms with Crippen molar-refractivity contribution in [2.45, 2.75) is 25.9 Å². The number of benzene rings is 2. The molecular weight excluding hydrogens is 539 g/mol. The average Bonchev–Trinajstić information content (AvgIpc) is 3.30. The first-order chi connectivity index (χ1) is 18.7. The van der Waals surface area contributed by atoms with Gasteiger partial charge in [0.1, 0.15) is 22.2 Å². The van der Waals surface area contributed by atoms with E-state index in [1.807, 2.05) is 12.1 Å². The molecule has 4 rings (SSSR count). The Kier molecular flexibility index (Phi) is 8.41. The number of thiocarbonyl (C=S) groups is 1. The molecule has 0 saturated carbocycles. The maximum atomic E-state index is 14.6. The van der Waals surface area contributed by atoms with E-state index in [4.69, 9.17) is 36.7 Å². The first-order valence-electron chi connectivity index (χ1n) is 12.3. The fourth-order valence-corrected chi connectivity index (χ4v) is 7.00. The van der Waals surface area contributed by atoms with Crippen LogP contribution in [0.1, 0.15) is 37.0 Å². The van der Waals surface area contributed by atoms with E-state index in [1.165, 1.54) is 4.68 Å². The van der Waals surface area contributed by atoms with Crippen LogP contribution in [0.15, 0.2) is 65.7 Å². The van der Waals surface area contributed by atoms with Gasteiger partial charge in [-0.05, 0) is 45.0 Å². The summed E-state index contributed by atoms with van der Waals surface area (Å²) in [6, 6.07) is 17.7. The van der Waals surface area contributed by atoms with E-state index in [0.717, 1.165) is 0 Å². The highest BCUT2D eigenvalue weighted by Crippen LogP contribution is 2.63. The lowest BCUT2D eigenvalue weighted by atomic mass is 9.93. The normalized spacial score (nSPS) is 16.8. The highest BCUT2D eigenvalue weighted by molar-refractivity contribution is 7.82. The number of nitrogens with one attached hydrogen (secondary N) is 2. The summed E-state index contributed by atoms with van der Waals surface area (Å²) >= 11 is 5.53. The Morgan fingerprint density at radius 2 is 1.64 bits per heavy atom. The lowest BCUT2D eigenvalue weighted by Crippen LogP contribution is -2.60. The third-order valence-corrected chi connectivity index (χ3v) is 9.05. The fourth-order valence-electron chi connectivity index (χ4n) is 4.30. The minimum Gasteiger partial charge on any atom is -0.461 e. The van der Waals surface area contributed by atoms with Crippen LogP contribution in [-0.4, -0.2) is 57.3 Å². The molecule has 39 heavy (non-hydrogen) atoms. The third-order valence-electron chi connectivity index (χ3n) is 5.90. The lowest BCUT2D eigenvalue weighted by molar-refractivity contribution is 0.0520. The maximum Gasteiger partial charge on any atom is 0.361 e. The Balaban J connectivity index is 2.12. The molecule has 204 valence electrons. The smallest absolute Gasteiger partial charge is 0.361 e. The van der Waals surface area contributed by atoms with Gasteiger partial charge in [0.15, 0.2) is 5.69 Å². The summed E-state index contributed by atoms with van der Waals surface area (Å²) in [5, 5.41) is 15.0. The molecule has 1 unspecified atom stereocenters. The third kappa shape index (κ3) is 4.80. The van der Waals surface area contributed by atoms with Crippen LogP contribution < -0.4 is 11.1 Å². The van der Waals surface area contributed by atoms with Gasteiger partial charge < -0.3 is 30.2 Å². The molecular formula is C26H29N6O5PS. The number of hydrogen-bond donors (Lipinski definition) is 3. The number of carbonyl (C=O) groups is 1. The van der Waals surface area contributed by atoms with E-state index in [-0.39, 0.29) is 53.4 Å². The summed E-state index contributed by atoms with van der Waals surface area (Å²) in [5.41, 5.74) is 7.02. The van der Waals surface area contributed by atoms with E-state index in [1.54, 1.807) is 69.3 Å². The van der Waals surface area contributed by atoms with Gasteiger partial charge in [0.2, 0.25) is 5.16 Å². The van der Waals surface area contributed by atoms with Crippen molar-refractivity contribution in [3.05, 3.63) is 72.1 Å². The number of fused-ring (bicyclic) bond motifs is 1. The number of aliphatic imine (C=N–C) groups is 1. The van der Waals surface area contributed by atoms with Crippen molar-refractivity contribution < 1.29 is 23.1 Å². The van der Waals surface area contributed by atoms with Crippen LogP contribution in [0.3, 0.4) is 0 Å². The van der Waals surface area contributed by atoms with Gasteiger partial charge in [0, 0.05) is 5.69 Å². The summed E-state index contributed by atoms with van der Waals surface area (Å²) in [4.78, 5) is 17.4. The zero-order valence-electron chi connectivity index (χ0n) is 21.7. The minimum absolute atomic E-state index is 0.0214. The largest absolute Gasteiger partial charge is 0.461 e. The Labute approximate surface area is 231 Å². The van der Waals surface area contributed by atoms with Gasteiger partial charge in [-0.25, -0.2) is 14.5 Å². The molecule has 2 aromatic carbocycles. The van der Waals surface area contributed by atoms with Crippen molar-refractivity contribution in [2.75, 3.05) is 25.1 Å². The number of nitrogens with zero attached hydrogens (tertiary/aromatic N) is 3. The molecule has 0 bridgehead atoms. The number of carbonyl (C=O) groups excluding carboxylic acids is 1. The van der Waals surface area contributed by atoms with Gasteiger partial charge in [-0.15, -0.1) is 0 Å². The SMILES string of the molecule is CCOC(=O)c1nn(-c2ccccc2)c2c1N=C(Nc1ccccc1)C(C(N)=S)(P(=O)(OCC)OCC)C2=N. The molecule has 0 spiro atoms. The minimum atomic E-state index is -4.37. The van der Waals surface area contributed by atoms with Gasteiger partial charge in [-0.2, -0.15) is 5.10 Å². The van der Waals surface area contributed by atoms with Crippen molar-refractivity contribution in [3.63, 3.8) is 0 Å². The van der Waals surface area contributed by atoms with Crippen molar-refractivity contribution in [1.29, 1.82) is 5.41 Å². The molecule has 0 saturated heterocycles. The van der Waals surface area contributed by atoms with E-state index in [2.05, 4.69) is 10.4 Å². The van der Waals surface area contributed by atoms with Crippen molar-refractivity contribution in [2.24, 2.45) is 10.7 Å². The molecule has 1 aromatic heterocycles. The van der Waals surface area contributed by atoms with Gasteiger partial charge in [-0.3, -0.25) is 4.57 Å². The monoisotopic (exact) mass is 568 g/mol. The van der Waals surface area contributed by atoms with Crippen molar-refractivity contribution >= 4 is 53.7 Å². The molecule has 0 radical (unpaired) electrons. The molecule has 3 aromatic rings. The average molecular weight is 569 g/mol. The summed E-state index contributed by atoms with van der Waals surface area (Å²) in [6.45, 7) is 5.02. The standard InChI is InChI=1S/C26H29N6O5PS/c1-4-35-23(33)20-19-21(32(31-20)18-15-11-8-12-16-18)22(27)26(24(28)39,38(34,36-5-2)37-6-3)25(30-19)29-17-13-9-7-10-14-17/h7-16,27H,4-6H2,1-3H3,(H2,28,39)(H,29,30). The zero-order valence-corrected chi connectivity index (χ0v) is 23.4. The van der Waals surface area contributed by atoms with Crippen LogP contribution in [0.2, 0.25) is 0 Å². The summed E-state index contributed by atoms with van der Waals surface area (Å²) in [7, 11) is -4.37. The van der Waals surface area contributed by atoms with Crippen molar-refractivity contribution in [3.8, 4) is 5.69 Å². The molecule has 13 heteroatoms. The Morgan fingerprint density at radius 3 is 2.18 bits per heavy atom. The molecule has 11 nitrogen and oxygen atoms in total. The van der Waals surface area contributed by atoms with Crippen LogP contribution in [0, 0.1) is 5.41 Å². The number of esters is 1. The molecule has 1 aliphatic rings. The first-order valence-corrected chi connectivity index (χ1v) is 14.3. The predicted molar refractivity (Wildman–Crippen MR) is 154 cm³/mol. The van der Waals surface area contributed by atoms with Crippen LogP contribution in [0.5, 0.6) is 0 Å².